The van der Waals surface area contributed by atoms with Gasteiger partial charge in [0, 0.05) is 11.8 Å². The Balaban J connectivity index is 3.86. The van der Waals surface area contributed by atoms with Crippen LogP contribution in [-0.4, -0.2) is 24.6 Å². The topological polar surface area (TPSA) is 12.0 Å². The molecule has 0 aliphatic heterocycles. The quantitative estimate of drug-likeness (QED) is 0.714. The van der Waals surface area contributed by atoms with Crippen LogP contribution < -0.4 is 5.32 Å². The summed E-state index contributed by atoms with van der Waals surface area (Å²) in [6.45, 7) is 10.3. The molecule has 0 amide bonds. The molecule has 0 fully saturated rings. The van der Waals surface area contributed by atoms with Crippen LogP contribution in [0, 0.1) is 5.41 Å². The number of thioether (sulfide) groups is 1. The fraction of sp³-hybridized carbons (Fsp3) is 1.00. The van der Waals surface area contributed by atoms with Gasteiger partial charge in [0.15, 0.2) is 0 Å². The van der Waals surface area contributed by atoms with Crippen molar-refractivity contribution in [3.05, 3.63) is 0 Å². The average Bonchev–Trinajstić information content (AvgIpc) is 1.95. The lowest BCUT2D eigenvalue weighted by atomic mass is 9.88. The summed E-state index contributed by atoms with van der Waals surface area (Å²) >= 11 is 1.92. The van der Waals surface area contributed by atoms with Crippen molar-refractivity contribution in [3.8, 4) is 0 Å². The normalized spacial score (nSPS) is 14.8. The van der Waals surface area contributed by atoms with Gasteiger partial charge in [-0.1, -0.05) is 27.7 Å². The van der Waals surface area contributed by atoms with Crippen molar-refractivity contribution in [2.45, 2.75) is 40.2 Å². The van der Waals surface area contributed by atoms with Crippen molar-refractivity contribution in [2.24, 2.45) is 5.41 Å². The monoisotopic (exact) mass is 189 g/mol. The Labute approximate surface area is 81.7 Å². The van der Waals surface area contributed by atoms with Crippen LogP contribution in [0.2, 0.25) is 0 Å². The lowest BCUT2D eigenvalue weighted by molar-refractivity contribution is 0.292. The second-order valence-corrected chi connectivity index (χ2v) is 5.24. The van der Waals surface area contributed by atoms with Crippen molar-refractivity contribution in [3.63, 3.8) is 0 Å². The van der Waals surface area contributed by atoms with Crippen LogP contribution in [0.5, 0.6) is 0 Å². The first-order valence-electron chi connectivity index (χ1n) is 4.74. The Hall–Kier alpha value is 0.310. The van der Waals surface area contributed by atoms with Crippen molar-refractivity contribution in [1.82, 2.24) is 5.32 Å². The van der Waals surface area contributed by atoms with Crippen LogP contribution in [0.3, 0.4) is 0 Å². The van der Waals surface area contributed by atoms with E-state index in [0.29, 0.717) is 11.5 Å². The molecule has 0 aliphatic carbocycles. The molecule has 0 aromatic rings. The Morgan fingerprint density at radius 1 is 1.33 bits per heavy atom. The maximum atomic E-state index is 3.59. The minimum absolute atomic E-state index is 0.387. The molecular weight excluding hydrogens is 166 g/mol. The molecular formula is C10H23NS. The molecule has 1 unspecified atom stereocenters. The fourth-order valence-electron chi connectivity index (χ4n) is 1.10. The van der Waals surface area contributed by atoms with Gasteiger partial charge in [0.25, 0.3) is 0 Å². The van der Waals surface area contributed by atoms with Gasteiger partial charge in [-0.05, 0) is 24.6 Å². The smallest absolute Gasteiger partial charge is 0.0206 e. The van der Waals surface area contributed by atoms with Crippen LogP contribution in [0.1, 0.15) is 34.1 Å². The summed E-state index contributed by atoms with van der Waals surface area (Å²) in [7, 11) is 0. The standard InChI is InChI=1S/C10H23NS/c1-6-7-11-9(8-12-5)10(2,3)4/h9,11H,6-8H2,1-5H3. The molecule has 74 valence electrons. The van der Waals surface area contributed by atoms with Gasteiger partial charge in [-0.15, -0.1) is 0 Å². The van der Waals surface area contributed by atoms with E-state index < -0.39 is 0 Å². The molecule has 0 aromatic carbocycles. The molecule has 0 heterocycles. The van der Waals surface area contributed by atoms with Crippen LogP contribution in [-0.2, 0) is 0 Å². The zero-order valence-electron chi connectivity index (χ0n) is 9.11. The first-order chi connectivity index (χ1) is 5.52. The molecule has 0 saturated heterocycles. The molecule has 1 atom stereocenters. The first kappa shape index (κ1) is 12.3. The van der Waals surface area contributed by atoms with E-state index in [2.05, 4.69) is 39.3 Å². The van der Waals surface area contributed by atoms with Gasteiger partial charge in [0.2, 0.25) is 0 Å². The molecule has 0 radical (unpaired) electrons. The maximum absolute atomic E-state index is 3.59. The minimum atomic E-state index is 0.387. The fourth-order valence-corrected chi connectivity index (χ4v) is 2.05. The summed E-state index contributed by atoms with van der Waals surface area (Å²) in [5.41, 5.74) is 0.387. The third-order valence-corrected chi connectivity index (χ3v) is 2.69. The largest absolute Gasteiger partial charge is 0.313 e. The van der Waals surface area contributed by atoms with E-state index in [4.69, 9.17) is 0 Å². The average molecular weight is 189 g/mol. The number of hydrogen-bond donors (Lipinski definition) is 1. The lowest BCUT2D eigenvalue weighted by Crippen LogP contribution is -2.42. The van der Waals surface area contributed by atoms with Crippen LogP contribution >= 0.6 is 11.8 Å². The summed E-state index contributed by atoms with van der Waals surface area (Å²) in [5.74, 6) is 1.21. The maximum Gasteiger partial charge on any atom is 0.0206 e. The summed E-state index contributed by atoms with van der Waals surface area (Å²) in [6.07, 6.45) is 3.40. The van der Waals surface area contributed by atoms with Gasteiger partial charge < -0.3 is 5.32 Å². The molecule has 0 spiro atoms. The van der Waals surface area contributed by atoms with Crippen LogP contribution in [0.15, 0.2) is 0 Å². The number of rotatable bonds is 5. The van der Waals surface area contributed by atoms with Gasteiger partial charge in [0.1, 0.15) is 0 Å². The zero-order valence-corrected chi connectivity index (χ0v) is 9.92. The first-order valence-corrected chi connectivity index (χ1v) is 6.14. The third kappa shape index (κ3) is 5.04. The van der Waals surface area contributed by atoms with Crippen molar-refractivity contribution in [1.29, 1.82) is 0 Å². The Kier molecular flexibility index (Phi) is 6.02. The summed E-state index contributed by atoms with van der Waals surface area (Å²) in [6, 6.07) is 0.646. The number of hydrogen-bond acceptors (Lipinski definition) is 2. The van der Waals surface area contributed by atoms with Gasteiger partial charge in [-0.25, -0.2) is 0 Å². The Morgan fingerprint density at radius 3 is 2.25 bits per heavy atom. The highest BCUT2D eigenvalue weighted by Gasteiger charge is 2.22. The Bertz CT molecular complexity index is 107. The highest BCUT2D eigenvalue weighted by molar-refractivity contribution is 7.98. The summed E-state index contributed by atoms with van der Waals surface area (Å²) in [4.78, 5) is 0. The SMILES string of the molecule is CCCNC(CSC)C(C)(C)C. The zero-order chi connectivity index (χ0) is 9.61. The molecule has 0 rings (SSSR count). The van der Waals surface area contributed by atoms with E-state index in [1.165, 1.54) is 12.2 Å². The molecule has 12 heavy (non-hydrogen) atoms. The van der Waals surface area contributed by atoms with Gasteiger partial charge in [-0.2, -0.15) is 11.8 Å². The number of nitrogens with one attached hydrogen (secondary N) is 1. The third-order valence-electron chi connectivity index (χ3n) is 2.02. The van der Waals surface area contributed by atoms with Gasteiger partial charge in [0.05, 0.1) is 0 Å². The molecule has 2 heteroatoms. The molecule has 0 aliphatic rings. The van der Waals surface area contributed by atoms with E-state index in [9.17, 15) is 0 Å². The van der Waals surface area contributed by atoms with E-state index in [-0.39, 0.29) is 0 Å². The predicted molar refractivity (Wildman–Crippen MR) is 59.9 cm³/mol. The van der Waals surface area contributed by atoms with Crippen molar-refractivity contribution in [2.75, 3.05) is 18.6 Å². The predicted octanol–water partition coefficient (Wildman–Crippen LogP) is 2.76. The van der Waals surface area contributed by atoms with E-state index in [0.717, 1.165) is 6.54 Å². The molecule has 0 aromatic heterocycles. The van der Waals surface area contributed by atoms with E-state index in [1.807, 2.05) is 11.8 Å². The van der Waals surface area contributed by atoms with E-state index in [1.54, 1.807) is 0 Å². The van der Waals surface area contributed by atoms with Gasteiger partial charge >= 0.3 is 0 Å². The second-order valence-electron chi connectivity index (χ2n) is 4.33. The molecule has 1 nitrogen and oxygen atoms in total. The summed E-state index contributed by atoms with van der Waals surface area (Å²) < 4.78 is 0. The lowest BCUT2D eigenvalue weighted by Gasteiger charge is -2.31. The van der Waals surface area contributed by atoms with E-state index >= 15 is 0 Å². The minimum Gasteiger partial charge on any atom is -0.313 e. The van der Waals surface area contributed by atoms with Crippen LogP contribution in [0.25, 0.3) is 0 Å². The Morgan fingerprint density at radius 2 is 1.92 bits per heavy atom. The highest BCUT2D eigenvalue weighted by Crippen LogP contribution is 2.21. The van der Waals surface area contributed by atoms with Crippen molar-refractivity contribution >= 4 is 11.8 Å². The van der Waals surface area contributed by atoms with Crippen molar-refractivity contribution < 1.29 is 0 Å². The van der Waals surface area contributed by atoms with Gasteiger partial charge in [-0.3, -0.25) is 0 Å². The molecule has 0 bridgehead atoms. The molecule has 0 saturated carbocycles. The second kappa shape index (κ2) is 5.87. The molecule has 1 N–H and O–H groups in total. The van der Waals surface area contributed by atoms with Crippen LogP contribution in [0.4, 0.5) is 0 Å². The summed E-state index contributed by atoms with van der Waals surface area (Å²) in [5, 5.41) is 3.59. The highest BCUT2D eigenvalue weighted by atomic mass is 32.2.